The number of carbonyl (C=O) groups is 1. The normalized spacial score (nSPS) is 13.9. The lowest BCUT2D eigenvalue weighted by atomic mass is 10.1. The molecule has 160 valence electrons. The summed E-state index contributed by atoms with van der Waals surface area (Å²) in [5, 5.41) is 5.11. The lowest BCUT2D eigenvalue weighted by Gasteiger charge is -2.36. The second-order valence-corrected chi connectivity index (χ2v) is 7.70. The SMILES string of the molecule is COc1ccccc1-c1ccc(=O)n(CC(=O)N2CCN(c3ccc(Cl)cc3)CC2)n1. The van der Waals surface area contributed by atoms with Crippen molar-refractivity contribution in [2.45, 2.75) is 6.54 Å². The molecule has 0 spiro atoms. The molecule has 1 amide bonds. The zero-order valence-electron chi connectivity index (χ0n) is 17.2. The van der Waals surface area contributed by atoms with E-state index in [1.54, 1.807) is 18.1 Å². The standard InChI is InChI=1S/C23H23ClN4O3/c1-31-21-5-3-2-4-19(21)20-10-11-22(29)28(25-20)16-23(30)27-14-12-26(13-15-27)18-8-6-17(24)7-9-18/h2-11H,12-16H2,1H3. The van der Waals surface area contributed by atoms with Gasteiger partial charge in [-0.3, -0.25) is 9.59 Å². The molecular weight excluding hydrogens is 416 g/mol. The van der Waals surface area contributed by atoms with Gasteiger partial charge in [-0.25, -0.2) is 4.68 Å². The number of hydrogen-bond donors (Lipinski definition) is 0. The summed E-state index contributed by atoms with van der Waals surface area (Å²) in [6, 6.07) is 18.2. The maximum Gasteiger partial charge on any atom is 0.267 e. The highest BCUT2D eigenvalue weighted by Crippen LogP contribution is 2.27. The van der Waals surface area contributed by atoms with Gasteiger partial charge in [0.05, 0.1) is 12.8 Å². The summed E-state index contributed by atoms with van der Waals surface area (Å²) in [6.45, 7) is 2.52. The summed E-state index contributed by atoms with van der Waals surface area (Å²) >= 11 is 5.96. The van der Waals surface area contributed by atoms with E-state index < -0.39 is 0 Å². The van der Waals surface area contributed by atoms with Crippen LogP contribution < -0.4 is 15.2 Å². The van der Waals surface area contributed by atoms with Gasteiger partial charge in [-0.05, 0) is 42.5 Å². The van der Waals surface area contributed by atoms with Crippen molar-refractivity contribution in [2.75, 3.05) is 38.2 Å². The van der Waals surface area contributed by atoms with Crippen molar-refractivity contribution >= 4 is 23.2 Å². The summed E-state index contributed by atoms with van der Waals surface area (Å²) in [5.41, 5.74) is 2.12. The van der Waals surface area contributed by atoms with E-state index in [4.69, 9.17) is 16.3 Å². The van der Waals surface area contributed by atoms with Crippen molar-refractivity contribution in [1.82, 2.24) is 14.7 Å². The number of aromatic nitrogens is 2. The molecule has 1 saturated heterocycles. The number of para-hydroxylation sites is 1. The molecule has 0 atom stereocenters. The second kappa shape index (κ2) is 9.22. The van der Waals surface area contributed by atoms with Crippen LogP contribution in [0.25, 0.3) is 11.3 Å². The van der Waals surface area contributed by atoms with Crippen LogP contribution >= 0.6 is 11.6 Å². The zero-order chi connectivity index (χ0) is 21.8. The molecule has 0 unspecified atom stereocenters. The van der Waals surface area contributed by atoms with E-state index in [1.807, 2.05) is 48.5 Å². The first-order chi connectivity index (χ1) is 15.0. The Bertz CT molecular complexity index is 1120. The molecule has 7 nitrogen and oxygen atoms in total. The van der Waals surface area contributed by atoms with Gasteiger partial charge in [0, 0.05) is 48.5 Å². The van der Waals surface area contributed by atoms with Crippen molar-refractivity contribution in [3.05, 3.63) is 76.0 Å². The van der Waals surface area contributed by atoms with Gasteiger partial charge in [0.1, 0.15) is 12.3 Å². The van der Waals surface area contributed by atoms with Gasteiger partial charge >= 0.3 is 0 Å². The molecule has 31 heavy (non-hydrogen) atoms. The number of halogens is 1. The second-order valence-electron chi connectivity index (χ2n) is 7.26. The molecule has 0 bridgehead atoms. The highest BCUT2D eigenvalue weighted by Gasteiger charge is 2.22. The molecular formula is C23H23ClN4O3. The van der Waals surface area contributed by atoms with Gasteiger partial charge in [0.15, 0.2) is 0 Å². The molecule has 1 aliphatic heterocycles. The molecule has 1 aliphatic rings. The predicted molar refractivity (Wildman–Crippen MR) is 121 cm³/mol. The third-order valence-electron chi connectivity index (χ3n) is 5.36. The first-order valence-electron chi connectivity index (χ1n) is 10.0. The van der Waals surface area contributed by atoms with Crippen molar-refractivity contribution < 1.29 is 9.53 Å². The van der Waals surface area contributed by atoms with Crippen LogP contribution in [0.1, 0.15) is 0 Å². The highest BCUT2D eigenvalue weighted by atomic mass is 35.5. The zero-order valence-corrected chi connectivity index (χ0v) is 18.0. The van der Waals surface area contributed by atoms with Crippen LogP contribution in [0.15, 0.2) is 65.5 Å². The van der Waals surface area contributed by atoms with Crippen molar-refractivity contribution in [3.63, 3.8) is 0 Å². The smallest absolute Gasteiger partial charge is 0.267 e. The maximum absolute atomic E-state index is 12.8. The molecule has 2 aromatic carbocycles. The number of anilines is 1. The third kappa shape index (κ3) is 4.72. The van der Waals surface area contributed by atoms with E-state index in [2.05, 4.69) is 10.00 Å². The molecule has 3 aromatic rings. The summed E-state index contributed by atoms with van der Waals surface area (Å²) in [5.74, 6) is 0.535. The number of hydrogen-bond acceptors (Lipinski definition) is 5. The fraction of sp³-hybridized carbons (Fsp3) is 0.261. The molecule has 0 N–H and O–H groups in total. The lowest BCUT2D eigenvalue weighted by molar-refractivity contribution is -0.132. The van der Waals surface area contributed by atoms with Crippen LogP contribution in [0.5, 0.6) is 5.75 Å². The van der Waals surface area contributed by atoms with Crippen LogP contribution in [0.4, 0.5) is 5.69 Å². The summed E-state index contributed by atoms with van der Waals surface area (Å²) < 4.78 is 6.60. The van der Waals surface area contributed by atoms with E-state index >= 15 is 0 Å². The van der Waals surface area contributed by atoms with Crippen LogP contribution in [0, 0.1) is 0 Å². The van der Waals surface area contributed by atoms with E-state index in [-0.39, 0.29) is 18.0 Å². The number of piperazine rings is 1. The Balaban J connectivity index is 1.44. The number of amides is 1. The molecule has 1 fully saturated rings. The summed E-state index contributed by atoms with van der Waals surface area (Å²) in [4.78, 5) is 29.2. The van der Waals surface area contributed by atoms with Gasteiger partial charge in [-0.15, -0.1) is 0 Å². The van der Waals surface area contributed by atoms with E-state index in [9.17, 15) is 9.59 Å². The Labute approximate surface area is 185 Å². The van der Waals surface area contributed by atoms with Crippen LogP contribution in [0.2, 0.25) is 5.02 Å². The van der Waals surface area contributed by atoms with E-state index in [0.29, 0.717) is 29.6 Å². The fourth-order valence-electron chi connectivity index (χ4n) is 3.66. The van der Waals surface area contributed by atoms with E-state index in [0.717, 1.165) is 24.3 Å². The number of benzene rings is 2. The van der Waals surface area contributed by atoms with Gasteiger partial charge < -0.3 is 14.5 Å². The molecule has 4 rings (SSSR count). The van der Waals surface area contributed by atoms with Crippen molar-refractivity contribution in [1.29, 1.82) is 0 Å². The summed E-state index contributed by atoms with van der Waals surface area (Å²) in [7, 11) is 1.59. The van der Waals surface area contributed by atoms with Gasteiger partial charge in [0.25, 0.3) is 5.56 Å². The van der Waals surface area contributed by atoms with Crippen LogP contribution in [-0.4, -0.2) is 53.9 Å². The number of methoxy groups -OCH3 is 1. The average Bonchev–Trinajstić information content (AvgIpc) is 2.81. The molecule has 0 radical (unpaired) electrons. The quantitative estimate of drug-likeness (QED) is 0.612. The number of rotatable bonds is 5. The monoisotopic (exact) mass is 438 g/mol. The van der Waals surface area contributed by atoms with Gasteiger partial charge in [0.2, 0.25) is 5.91 Å². The molecule has 8 heteroatoms. The Morgan fingerprint density at radius 3 is 2.42 bits per heavy atom. The van der Waals surface area contributed by atoms with E-state index in [1.165, 1.54) is 10.7 Å². The van der Waals surface area contributed by atoms with Crippen molar-refractivity contribution in [2.24, 2.45) is 0 Å². The summed E-state index contributed by atoms with van der Waals surface area (Å²) in [6.07, 6.45) is 0. The van der Waals surface area contributed by atoms with Crippen LogP contribution in [-0.2, 0) is 11.3 Å². The molecule has 2 heterocycles. The minimum atomic E-state index is -0.313. The Kier molecular flexibility index (Phi) is 6.23. The Morgan fingerprint density at radius 1 is 1.00 bits per heavy atom. The first-order valence-corrected chi connectivity index (χ1v) is 10.4. The number of carbonyl (C=O) groups excluding carboxylic acids is 1. The van der Waals surface area contributed by atoms with Crippen LogP contribution in [0.3, 0.4) is 0 Å². The molecule has 0 aliphatic carbocycles. The third-order valence-corrected chi connectivity index (χ3v) is 5.61. The van der Waals surface area contributed by atoms with Gasteiger partial charge in [-0.2, -0.15) is 5.10 Å². The fourth-order valence-corrected chi connectivity index (χ4v) is 3.78. The Hall–Kier alpha value is -3.32. The molecule has 0 saturated carbocycles. The van der Waals surface area contributed by atoms with Crippen molar-refractivity contribution in [3.8, 4) is 17.0 Å². The highest BCUT2D eigenvalue weighted by molar-refractivity contribution is 6.30. The minimum absolute atomic E-state index is 0.0945. The predicted octanol–water partition coefficient (Wildman–Crippen LogP) is 2.92. The minimum Gasteiger partial charge on any atom is -0.496 e. The number of ether oxygens (including phenoxy) is 1. The largest absolute Gasteiger partial charge is 0.496 e. The molecule has 1 aromatic heterocycles. The Morgan fingerprint density at radius 2 is 1.71 bits per heavy atom. The average molecular weight is 439 g/mol. The van der Waals surface area contributed by atoms with Gasteiger partial charge in [-0.1, -0.05) is 23.7 Å². The maximum atomic E-state index is 12.8. The first kappa shape index (κ1) is 20.9. The topological polar surface area (TPSA) is 67.7 Å². The lowest BCUT2D eigenvalue weighted by Crippen LogP contribution is -2.50. The number of nitrogens with zero attached hydrogens (tertiary/aromatic N) is 4.